The van der Waals surface area contributed by atoms with Gasteiger partial charge in [0.15, 0.2) is 0 Å². The largest absolute Gasteiger partial charge is 0.375 e. The van der Waals surface area contributed by atoms with Crippen LogP contribution in [-0.2, 0) is 20.7 Å². The van der Waals surface area contributed by atoms with Crippen molar-refractivity contribution in [2.75, 3.05) is 33.4 Å². The zero-order valence-electron chi connectivity index (χ0n) is 15.3. The van der Waals surface area contributed by atoms with Gasteiger partial charge in [-0.2, -0.15) is 4.98 Å². The van der Waals surface area contributed by atoms with E-state index in [0.717, 1.165) is 0 Å². The molecule has 0 bridgehead atoms. The number of carbonyl (C=O) groups excluding carboxylic acids is 2. The van der Waals surface area contributed by atoms with Gasteiger partial charge in [-0.3, -0.25) is 14.6 Å². The molecule has 0 spiro atoms. The van der Waals surface area contributed by atoms with Crippen molar-refractivity contribution in [2.45, 2.75) is 19.3 Å². The molecule has 1 saturated heterocycles. The monoisotopic (exact) mass is 373 g/mol. The number of ether oxygens (including phenoxy) is 1. The summed E-state index contributed by atoms with van der Waals surface area (Å²) in [5.41, 5.74) is 0.645. The van der Waals surface area contributed by atoms with Gasteiger partial charge in [0.05, 0.1) is 0 Å². The lowest BCUT2D eigenvalue weighted by Crippen LogP contribution is -2.44. The van der Waals surface area contributed by atoms with Gasteiger partial charge in [-0.1, -0.05) is 11.2 Å². The number of hydrogen-bond donors (Lipinski definition) is 1. The highest BCUT2D eigenvalue weighted by molar-refractivity contribution is 5.80. The van der Waals surface area contributed by atoms with Gasteiger partial charge in [-0.25, -0.2) is 0 Å². The number of nitrogens with zero attached hydrogens (tertiary/aromatic N) is 4. The average Bonchev–Trinajstić information content (AvgIpc) is 3.18. The average molecular weight is 373 g/mol. The van der Waals surface area contributed by atoms with E-state index in [1.807, 2.05) is 12.1 Å². The van der Waals surface area contributed by atoms with Crippen LogP contribution in [0.5, 0.6) is 0 Å². The second kappa shape index (κ2) is 9.22. The van der Waals surface area contributed by atoms with Crippen LogP contribution >= 0.6 is 0 Å². The molecule has 1 aliphatic rings. The molecule has 3 heterocycles. The molecule has 0 radical (unpaired) electrons. The summed E-state index contributed by atoms with van der Waals surface area (Å²) in [6.45, 7) is 1.67. The van der Waals surface area contributed by atoms with Crippen LogP contribution in [0.25, 0.3) is 11.5 Å². The number of methoxy groups -OCH3 is 1. The van der Waals surface area contributed by atoms with Crippen molar-refractivity contribution in [3.8, 4) is 11.5 Å². The molecular weight excluding hydrogens is 350 g/mol. The third-order valence-corrected chi connectivity index (χ3v) is 4.49. The molecule has 1 N–H and O–H groups in total. The summed E-state index contributed by atoms with van der Waals surface area (Å²) in [4.78, 5) is 34.3. The van der Waals surface area contributed by atoms with Crippen molar-refractivity contribution < 1.29 is 18.8 Å². The molecule has 9 heteroatoms. The lowest BCUT2D eigenvalue weighted by atomic mass is 9.96. The van der Waals surface area contributed by atoms with Crippen molar-refractivity contribution in [2.24, 2.45) is 5.92 Å². The van der Waals surface area contributed by atoms with Crippen molar-refractivity contribution in [1.29, 1.82) is 0 Å². The highest BCUT2D eigenvalue weighted by atomic mass is 16.5. The molecule has 2 amide bonds. The molecule has 0 aromatic carbocycles. The summed E-state index contributed by atoms with van der Waals surface area (Å²) in [6, 6.07) is 5.48. The SMILES string of the molecule is COCC(=O)N1CCC(C(=O)NCCc2nc(-c3ccccn3)no2)CC1. The fourth-order valence-corrected chi connectivity index (χ4v) is 3.00. The van der Waals surface area contributed by atoms with Crippen LogP contribution in [0.1, 0.15) is 18.7 Å². The lowest BCUT2D eigenvalue weighted by Gasteiger charge is -2.31. The first-order chi connectivity index (χ1) is 13.2. The molecule has 1 aliphatic heterocycles. The number of likely N-dealkylation sites (tertiary alicyclic amines) is 1. The van der Waals surface area contributed by atoms with Crippen LogP contribution in [0.15, 0.2) is 28.9 Å². The Kier molecular flexibility index (Phi) is 6.48. The minimum absolute atomic E-state index is 0.00157. The molecule has 27 heavy (non-hydrogen) atoms. The first-order valence-corrected chi connectivity index (χ1v) is 8.96. The summed E-state index contributed by atoms with van der Waals surface area (Å²) in [6.07, 6.45) is 3.44. The zero-order valence-corrected chi connectivity index (χ0v) is 15.3. The van der Waals surface area contributed by atoms with Crippen LogP contribution < -0.4 is 5.32 Å². The fourth-order valence-electron chi connectivity index (χ4n) is 3.00. The van der Waals surface area contributed by atoms with Gasteiger partial charge in [0.1, 0.15) is 12.3 Å². The van der Waals surface area contributed by atoms with Gasteiger partial charge in [0.2, 0.25) is 23.5 Å². The van der Waals surface area contributed by atoms with Gasteiger partial charge in [-0.15, -0.1) is 0 Å². The molecule has 3 rings (SSSR count). The Balaban J connectivity index is 1.40. The van der Waals surface area contributed by atoms with Crippen LogP contribution in [0.3, 0.4) is 0 Å². The molecule has 1 fully saturated rings. The van der Waals surface area contributed by atoms with Gasteiger partial charge < -0.3 is 19.5 Å². The van der Waals surface area contributed by atoms with Gasteiger partial charge in [0.25, 0.3) is 0 Å². The fraction of sp³-hybridized carbons (Fsp3) is 0.500. The van der Waals surface area contributed by atoms with Crippen LogP contribution in [0, 0.1) is 5.92 Å². The Bertz CT molecular complexity index is 756. The second-order valence-corrected chi connectivity index (χ2v) is 6.36. The third kappa shape index (κ3) is 5.10. The van der Waals surface area contributed by atoms with Crippen molar-refractivity contribution in [1.82, 2.24) is 25.3 Å². The van der Waals surface area contributed by atoms with Crippen LogP contribution in [-0.4, -0.2) is 65.2 Å². The number of carbonyl (C=O) groups is 2. The Hall–Kier alpha value is -2.81. The van der Waals surface area contributed by atoms with E-state index in [1.165, 1.54) is 7.11 Å². The topological polar surface area (TPSA) is 110 Å². The zero-order chi connectivity index (χ0) is 19.1. The number of nitrogens with one attached hydrogen (secondary N) is 1. The maximum atomic E-state index is 12.3. The van der Waals surface area contributed by atoms with Gasteiger partial charge in [-0.05, 0) is 25.0 Å². The van der Waals surface area contributed by atoms with Crippen molar-refractivity contribution >= 4 is 11.8 Å². The molecule has 2 aromatic rings. The second-order valence-electron chi connectivity index (χ2n) is 6.36. The van der Waals surface area contributed by atoms with Gasteiger partial charge >= 0.3 is 0 Å². The van der Waals surface area contributed by atoms with E-state index in [-0.39, 0.29) is 24.3 Å². The standard InChI is InChI=1S/C18H23N5O4/c1-26-12-16(24)23-10-6-13(7-11-23)18(25)20-9-5-15-21-17(22-27-15)14-4-2-3-8-19-14/h2-4,8,13H,5-7,9-12H2,1H3,(H,20,25). The normalized spacial score (nSPS) is 14.9. The molecule has 144 valence electrons. The summed E-state index contributed by atoms with van der Waals surface area (Å²) in [5, 5.41) is 6.81. The summed E-state index contributed by atoms with van der Waals surface area (Å²) >= 11 is 0. The highest BCUT2D eigenvalue weighted by Gasteiger charge is 2.27. The summed E-state index contributed by atoms with van der Waals surface area (Å²) in [7, 11) is 1.50. The van der Waals surface area contributed by atoms with Crippen LogP contribution in [0.2, 0.25) is 0 Å². The maximum Gasteiger partial charge on any atom is 0.248 e. The molecule has 0 aliphatic carbocycles. The summed E-state index contributed by atoms with van der Waals surface area (Å²) < 4.78 is 10.1. The lowest BCUT2D eigenvalue weighted by molar-refractivity contribution is -0.138. The van der Waals surface area contributed by atoms with E-state index in [1.54, 1.807) is 17.2 Å². The molecule has 0 saturated carbocycles. The van der Waals surface area contributed by atoms with E-state index < -0.39 is 0 Å². The minimum atomic E-state index is -0.0802. The molecule has 0 atom stereocenters. The molecule has 2 aromatic heterocycles. The molecular formula is C18H23N5O4. The van der Waals surface area contributed by atoms with E-state index in [9.17, 15) is 9.59 Å². The third-order valence-electron chi connectivity index (χ3n) is 4.49. The van der Waals surface area contributed by atoms with E-state index >= 15 is 0 Å². The predicted octanol–water partition coefficient (Wildman–Crippen LogP) is 0.675. The number of rotatable bonds is 7. The number of piperidine rings is 1. The van der Waals surface area contributed by atoms with E-state index in [0.29, 0.717) is 56.3 Å². The Morgan fingerprint density at radius 3 is 2.85 bits per heavy atom. The first-order valence-electron chi connectivity index (χ1n) is 8.96. The van der Waals surface area contributed by atoms with Crippen molar-refractivity contribution in [3.05, 3.63) is 30.3 Å². The summed E-state index contributed by atoms with van der Waals surface area (Å²) in [5.74, 6) is 0.777. The maximum absolute atomic E-state index is 12.3. The smallest absolute Gasteiger partial charge is 0.248 e. The Morgan fingerprint density at radius 1 is 1.33 bits per heavy atom. The first kappa shape index (κ1) is 19.0. The highest BCUT2D eigenvalue weighted by Crippen LogP contribution is 2.17. The minimum Gasteiger partial charge on any atom is -0.375 e. The van der Waals surface area contributed by atoms with Crippen molar-refractivity contribution in [3.63, 3.8) is 0 Å². The molecule has 0 unspecified atom stereocenters. The molecule has 9 nitrogen and oxygen atoms in total. The quantitative estimate of drug-likeness (QED) is 0.759. The number of aromatic nitrogens is 3. The number of pyridine rings is 1. The van der Waals surface area contributed by atoms with Gasteiger partial charge in [0, 0.05) is 45.3 Å². The Morgan fingerprint density at radius 2 is 2.15 bits per heavy atom. The number of hydrogen-bond acceptors (Lipinski definition) is 7. The Labute approximate surface area is 157 Å². The van der Waals surface area contributed by atoms with Crippen LogP contribution in [0.4, 0.5) is 0 Å². The number of amides is 2. The predicted molar refractivity (Wildman–Crippen MR) is 95.4 cm³/mol. The van der Waals surface area contributed by atoms with E-state index in [4.69, 9.17) is 9.26 Å². The van der Waals surface area contributed by atoms with E-state index in [2.05, 4.69) is 20.4 Å².